The predicted molar refractivity (Wildman–Crippen MR) is 161 cm³/mol. The molecule has 3 aliphatic rings. The fraction of sp³-hybridized carbons (Fsp3) is 0.438. The van der Waals surface area contributed by atoms with Gasteiger partial charge in [-0.3, -0.25) is 4.79 Å². The first-order chi connectivity index (χ1) is 21.4. The molecule has 2 aliphatic carbocycles. The maximum atomic E-state index is 15.8. The predicted octanol–water partition coefficient (Wildman–Crippen LogP) is 6.03. The molecule has 234 valence electrons. The van der Waals surface area contributed by atoms with E-state index in [-0.39, 0.29) is 35.8 Å². The zero-order valence-corrected chi connectivity index (χ0v) is 25.7. The third-order valence-corrected chi connectivity index (χ3v) is 8.89. The first-order valence-corrected chi connectivity index (χ1v) is 15.0. The molecule has 10 nitrogen and oxygen atoms in total. The minimum atomic E-state index is -3.17. The summed E-state index contributed by atoms with van der Waals surface area (Å²) in [5.74, 6) is -2.12. The lowest BCUT2D eigenvalue weighted by molar-refractivity contribution is -0.120. The molecule has 2 saturated carbocycles. The zero-order valence-electron chi connectivity index (χ0n) is 25.7. The first-order valence-electron chi connectivity index (χ1n) is 15.0. The van der Waals surface area contributed by atoms with Crippen molar-refractivity contribution in [1.82, 2.24) is 29.5 Å². The summed E-state index contributed by atoms with van der Waals surface area (Å²) in [6, 6.07) is 4.45. The largest absolute Gasteiger partial charge is 0.480 e. The van der Waals surface area contributed by atoms with Crippen LogP contribution in [0.2, 0.25) is 0 Å². The molecule has 13 heteroatoms. The normalized spacial score (nSPS) is 17.3. The van der Waals surface area contributed by atoms with Crippen LogP contribution < -0.4 is 14.5 Å². The van der Waals surface area contributed by atoms with Gasteiger partial charge in [-0.15, -0.1) is 0 Å². The van der Waals surface area contributed by atoms with Crippen LogP contribution >= 0.6 is 0 Å². The number of hydrogen-bond acceptors (Lipinski definition) is 8. The molecule has 0 saturated heterocycles. The number of anilines is 2. The van der Waals surface area contributed by atoms with E-state index in [9.17, 15) is 13.6 Å². The van der Waals surface area contributed by atoms with Crippen molar-refractivity contribution in [2.24, 2.45) is 0 Å². The zero-order chi connectivity index (χ0) is 31.8. The smallest absolute Gasteiger partial charge is 0.288 e. The summed E-state index contributed by atoms with van der Waals surface area (Å²) in [6.07, 6.45) is 7.64. The SMILES string of the molecule is COc1ncnc(C2CC2)c1-c1ncc2c(n1)N(Cc1ccc(-c3nc(C(C)(F)F)cn3C(C)C)c(F)c1)C1(CC1)C(=O)N2C. The highest BCUT2D eigenvalue weighted by Crippen LogP contribution is 2.53. The summed E-state index contributed by atoms with van der Waals surface area (Å²) in [5.41, 5.74) is 1.47. The lowest BCUT2D eigenvalue weighted by atomic mass is 10.0. The molecule has 0 radical (unpaired) electrons. The number of likely N-dealkylation sites (N-methyl/N-ethyl adjacent to an activating group) is 1. The number of imidazole rings is 1. The van der Waals surface area contributed by atoms with Crippen molar-refractivity contribution in [3.05, 3.63) is 59.7 Å². The van der Waals surface area contributed by atoms with E-state index in [2.05, 4.69) is 19.9 Å². The summed E-state index contributed by atoms with van der Waals surface area (Å²) in [6.45, 7) is 4.61. The van der Waals surface area contributed by atoms with E-state index in [4.69, 9.17) is 9.72 Å². The number of carbonyl (C=O) groups is 1. The molecule has 1 spiro atoms. The molecule has 3 aromatic heterocycles. The van der Waals surface area contributed by atoms with Crippen LogP contribution in [0.4, 0.5) is 24.7 Å². The van der Waals surface area contributed by atoms with E-state index in [1.807, 2.05) is 18.7 Å². The van der Waals surface area contributed by atoms with Gasteiger partial charge in [0.25, 0.3) is 11.8 Å². The Morgan fingerprint density at radius 3 is 2.51 bits per heavy atom. The van der Waals surface area contributed by atoms with E-state index in [1.54, 1.807) is 42.0 Å². The van der Waals surface area contributed by atoms with Gasteiger partial charge in [0.05, 0.1) is 24.6 Å². The van der Waals surface area contributed by atoms with Gasteiger partial charge in [-0.25, -0.2) is 29.3 Å². The van der Waals surface area contributed by atoms with E-state index >= 15 is 4.39 Å². The number of ether oxygens (including phenoxy) is 1. The van der Waals surface area contributed by atoms with Crippen LogP contribution in [0.25, 0.3) is 22.8 Å². The molecular formula is C32H33F3N8O2. The number of aromatic nitrogens is 6. The first kappa shape index (κ1) is 29.2. The molecule has 1 aromatic carbocycles. The summed E-state index contributed by atoms with van der Waals surface area (Å²) < 4.78 is 51.2. The summed E-state index contributed by atoms with van der Waals surface area (Å²) >= 11 is 0. The number of halogens is 3. The molecule has 45 heavy (non-hydrogen) atoms. The number of alkyl halides is 2. The molecule has 1 amide bonds. The average molecular weight is 619 g/mol. The Morgan fingerprint density at radius 2 is 1.89 bits per heavy atom. The average Bonchev–Trinajstić information content (AvgIpc) is 3.95. The molecule has 2 fully saturated rings. The summed E-state index contributed by atoms with van der Waals surface area (Å²) in [5, 5.41) is 0. The number of nitrogens with zero attached hydrogens (tertiary/aromatic N) is 8. The second kappa shape index (κ2) is 10.2. The van der Waals surface area contributed by atoms with Gasteiger partial charge >= 0.3 is 0 Å². The van der Waals surface area contributed by atoms with Crippen LogP contribution in [-0.2, 0) is 17.3 Å². The molecule has 4 heterocycles. The monoisotopic (exact) mass is 618 g/mol. The topological polar surface area (TPSA) is 102 Å². The molecule has 4 aromatic rings. The highest BCUT2D eigenvalue weighted by Gasteiger charge is 2.59. The third-order valence-electron chi connectivity index (χ3n) is 8.89. The van der Waals surface area contributed by atoms with Gasteiger partial charge < -0.3 is 19.1 Å². The molecule has 0 N–H and O–H groups in total. The Morgan fingerprint density at radius 1 is 1.13 bits per heavy atom. The summed E-state index contributed by atoms with van der Waals surface area (Å²) in [7, 11) is 3.25. The lowest BCUT2D eigenvalue weighted by Gasteiger charge is -2.41. The van der Waals surface area contributed by atoms with Gasteiger partial charge in [0.1, 0.15) is 40.5 Å². The van der Waals surface area contributed by atoms with Crippen LogP contribution in [0.15, 0.2) is 36.9 Å². The van der Waals surface area contributed by atoms with Crippen molar-refractivity contribution >= 4 is 17.4 Å². The number of carbonyl (C=O) groups excluding carboxylic acids is 1. The van der Waals surface area contributed by atoms with Crippen LogP contribution in [0, 0.1) is 5.82 Å². The highest BCUT2D eigenvalue weighted by molar-refractivity contribution is 6.09. The number of amides is 1. The van der Waals surface area contributed by atoms with Gasteiger partial charge in [-0.2, -0.15) is 8.78 Å². The standard InChI is InChI=1S/C32H33F3N8O2/c1-17(2)42-15-23(31(3,34)35)39-27(42)20-9-6-18(12-21(20)33)14-43-28-22(41(4)30(44)32(43)10-11-32)13-36-26(40-28)24-25(19-7-8-19)37-16-38-29(24)45-5/h6,9,12-13,15-17,19H,7-8,10-11,14H2,1-5H3. The van der Waals surface area contributed by atoms with Crippen LogP contribution in [-0.4, -0.2) is 55.1 Å². The van der Waals surface area contributed by atoms with Crippen molar-refractivity contribution in [2.75, 3.05) is 24.0 Å². The van der Waals surface area contributed by atoms with E-state index in [0.717, 1.165) is 25.5 Å². The number of methoxy groups -OCH3 is 1. The van der Waals surface area contributed by atoms with Gasteiger partial charge in [-0.05, 0) is 57.2 Å². The Hall–Kier alpha value is -4.55. The number of benzene rings is 1. The Bertz CT molecular complexity index is 1830. The van der Waals surface area contributed by atoms with Crippen LogP contribution in [0.1, 0.15) is 75.4 Å². The van der Waals surface area contributed by atoms with Crippen molar-refractivity contribution in [2.45, 2.75) is 76.4 Å². The van der Waals surface area contributed by atoms with E-state index in [0.29, 0.717) is 47.2 Å². The van der Waals surface area contributed by atoms with Crippen molar-refractivity contribution in [1.29, 1.82) is 0 Å². The van der Waals surface area contributed by atoms with Crippen LogP contribution in [0.5, 0.6) is 5.88 Å². The molecular weight excluding hydrogens is 585 g/mol. The molecule has 0 unspecified atom stereocenters. The van der Waals surface area contributed by atoms with Crippen molar-refractivity contribution in [3.63, 3.8) is 0 Å². The van der Waals surface area contributed by atoms with E-state index < -0.39 is 23.0 Å². The molecule has 7 rings (SSSR count). The lowest BCUT2D eigenvalue weighted by Crippen LogP contribution is -2.54. The molecule has 1 aliphatic heterocycles. The van der Waals surface area contributed by atoms with Crippen molar-refractivity contribution in [3.8, 4) is 28.7 Å². The van der Waals surface area contributed by atoms with Crippen molar-refractivity contribution < 1.29 is 22.7 Å². The molecule has 0 atom stereocenters. The Kier molecular flexibility index (Phi) is 6.64. The maximum Gasteiger partial charge on any atom is 0.288 e. The fourth-order valence-electron chi connectivity index (χ4n) is 6.12. The minimum Gasteiger partial charge on any atom is -0.480 e. The third kappa shape index (κ3) is 4.79. The second-order valence-corrected chi connectivity index (χ2v) is 12.5. The summed E-state index contributed by atoms with van der Waals surface area (Å²) in [4.78, 5) is 39.7. The Labute approximate surface area is 258 Å². The minimum absolute atomic E-state index is 0.0743. The quantitative estimate of drug-likeness (QED) is 0.236. The van der Waals surface area contributed by atoms with Gasteiger partial charge in [0.2, 0.25) is 5.88 Å². The van der Waals surface area contributed by atoms with Gasteiger partial charge in [0, 0.05) is 38.7 Å². The van der Waals surface area contributed by atoms with Gasteiger partial charge in [-0.1, -0.05) is 6.07 Å². The number of fused-ring (bicyclic) bond motifs is 1. The number of hydrogen-bond donors (Lipinski definition) is 0. The highest BCUT2D eigenvalue weighted by atomic mass is 19.3. The van der Waals surface area contributed by atoms with Crippen LogP contribution in [0.3, 0.4) is 0 Å². The maximum absolute atomic E-state index is 15.8. The molecule has 0 bridgehead atoms. The number of rotatable bonds is 8. The fourth-order valence-corrected chi connectivity index (χ4v) is 6.12. The van der Waals surface area contributed by atoms with E-state index in [1.165, 1.54) is 18.6 Å². The second-order valence-electron chi connectivity index (χ2n) is 12.5. The van der Waals surface area contributed by atoms with Gasteiger partial charge in [0.15, 0.2) is 11.6 Å². The Balaban J connectivity index is 1.29.